The van der Waals surface area contributed by atoms with Crippen LogP contribution in [0.1, 0.15) is 0 Å². The van der Waals surface area contributed by atoms with Gasteiger partial charge in [0.2, 0.25) is 0 Å². The first-order valence-electron chi connectivity index (χ1n) is 5.70. The maximum atomic E-state index is 10.9. The molecule has 0 spiro atoms. The smallest absolute Gasteiger partial charge is 0.428 e. The Morgan fingerprint density at radius 3 is 2.74 bits per heavy atom. The molecule has 4 nitrogen and oxygen atoms in total. The topological polar surface area (TPSA) is 51.7 Å². The van der Waals surface area contributed by atoms with E-state index in [2.05, 4.69) is 10.1 Å². The Balaban J connectivity index is 2.48. The molecular formula is C15H13NO3. The zero-order valence-electron chi connectivity index (χ0n) is 10.4. The first kappa shape index (κ1) is 12.8. The second-order valence-corrected chi connectivity index (χ2v) is 3.72. The Kier molecular flexibility index (Phi) is 4.29. The molecule has 1 heterocycles. The van der Waals surface area contributed by atoms with Gasteiger partial charge in [-0.2, -0.15) is 12.4 Å². The molecule has 4 heteroatoms. The lowest BCUT2D eigenvalue weighted by Crippen LogP contribution is -2.26. The molecule has 0 unspecified atom stereocenters. The molecule has 0 amide bonds. The van der Waals surface area contributed by atoms with Crippen LogP contribution in [-0.4, -0.2) is 19.4 Å². The standard InChI is InChI=1S/C15H13NO3/c1-18-15(17)11-19-10-13-4-2-3-5-14(13)12-6-8-16-9-7-12/h2-11H,1H3. The quantitative estimate of drug-likeness (QED) is 0.341. The molecule has 2 rings (SSSR count). The molecule has 1 aliphatic heterocycles. The van der Waals surface area contributed by atoms with Gasteiger partial charge >= 0.3 is 18.5 Å². The van der Waals surface area contributed by atoms with E-state index in [0.717, 1.165) is 22.3 Å². The van der Waals surface area contributed by atoms with E-state index in [0.29, 0.717) is 0 Å². The van der Waals surface area contributed by atoms with Crippen LogP contribution in [0, 0.1) is 0 Å². The fourth-order valence-corrected chi connectivity index (χ4v) is 1.61. The van der Waals surface area contributed by atoms with E-state index in [1.165, 1.54) is 13.4 Å². The fourth-order valence-electron chi connectivity index (χ4n) is 1.61. The molecule has 1 aromatic rings. The molecule has 1 aromatic carbocycles. The molecule has 0 N–H and O–H groups in total. The monoisotopic (exact) mass is 255 g/mol. The minimum Gasteiger partial charge on any atom is -0.670 e. The van der Waals surface area contributed by atoms with Gasteiger partial charge in [0.25, 0.3) is 0 Å². The van der Waals surface area contributed by atoms with Crippen LogP contribution in [0.15, 0.2) is 48.8 Å². The average Bonchev–Trinajstić information content (AvgIpc) is 2.48. The van der Waals surface area contributed by atoms with Crippen molar-refractivity contribution in [1.29, 1.82) is 0 Å². The van der Waals surface area contributed by atoms with Crippen LogP contribution in [-0.2, 0) is 14.0 Å². The predicted octanol–water partition coefficient (Wildman–Crippen LogP) is 0.898. The van der Waals surface area contributed by atoms with Gasteiger partial charge < -0.3 is 10.1 Å². The van der Waals surface area contributed by atoms with E-state index in [4.69, 9.17) is 4.42 Å². The highest BCUT2D eigenvalue weighted by molar-refractivity contribution is 6.20. The number of esters is 1. The largest absolute Gasteiger partial charge is 0.670 e. The first-order valence-corrected chi connectivity index (χ1v) is 5.70. The Labute approximate surface area is 110 Å². The van der Waals surface area contributed by atoms with Gasteiger partial charge in [-0.05, 0) is 16.9 Å². The first-order chi connectivity index (χ1) is 9.31. The van der Waals surface area contributed by atoms with Gasteiger partial charge in [-0.1, -0.05) is 30.4 Å². The number of carbonyl (C=O) groups is 1. The van der Waals surface area contributed by atoms with Crippen LogP contribution in [0.2, 0.25) is 0 Å². The van der Waals surface area contributed by atoms with E-state index in [1.807, 2.05) is 36.4 Å². The SMILES string of the molecule is COC(=O)C=[O+]/C=c1\ccccc1=C1C=C[N-]C=C1. The summed E-state index contributed by atoms with van der Waals surface area (Å²) in [6, 6.07) is 7.72. The summed E-state index contributed by atoms with van der Waals surface area (Å²) >= 11 is 0. The summed E-state index contributed by atoms with van der Waals surface area (Å²) in [5.41, 5.74) is 1.03. The van der Waals surface area contributed by atoms with Gasteiger partial charge in [0.1, 0.15) is 0 Å². The third kappa shape index (κ3) is 3.42. The summed E-state index contributed by atoms with van der Waals surface area (Å²) in [5.74, 6) is -0.530. The summed E-state index contributed by atoms with van der Waals surface area (Å²) in [7, 11) is 1.30. The second-order valence-electron chi connectivity index (χ2n) is 3.72. The van der Waals surface area contributed by atoms with Gasteiger partial charge in [0.05, 0.1) is 12.3 Å². The lowest BCUT2D eigenvalue weighted by molar-refractivity contribution is -0.324. The second kappa shape index (κ2) is 6.35. The number of methoxy groups -OCH3 is 1. The third-order valence-electron chi connectivity index (χ3n) is 2.51. The van der Waals surface area contributed by atoms with E-state index in [1.54, 1.807) is 12.4 Å². The molecule has 0 bridgehead atoms. The Morgan fingerprint density at radius 2 is 2.00 bits per heavy atom. The molecule has 1 aliphatic rings. The molecule has 0 saturated heterocycles. The van der Waals surface area contributed by atoms with Gasteiger partial charge in [0.15, 0.2) is 0 Å². The van der Waals surface area contributed by atoms with Crippen LogP contribution in [0.25, 0.3) is 17.2 Å². The number of benzene rings is 1. The average molecular weight is 255 g/mol. The van der Waals surface area contributed by atoms with Crippen molar-refractivity contribution in [1.82, 2.24) is 0 Å². The van der Waals surface area contributed by atoms with Crippen LogP contribution >= 0.6 is 0 Å². The van der Waals surface area contributed by atoms with E-state index in [-0.39, 0.29) is 0 Å². The lowest BCUT2D eigenvalue weighted by Gasteiger charge is -2.12. The summed E-state index contributed by atoms with van der Waals surface area (Å²) < 4.78 is 9.55. The zero-order chi connectivity index (χ0) is 13.5. The van der Waals surface area contributed by atoms with Crippen LogP contribution in [0.4, 0.5) is 0 Å². The summed E-state index contributed by atoms with van der Waals surface area (Å²) in [6.07, 6.45) is 9.81. The van der Waals surface area contributed by atoms with Crippen molar-refractivity contribution >= 4 is 24.1 Å². The van der Waals surface area contributed by atoms with Crippen molar-refractivity contribution in [2.45, 2.75) is 0 Å². The van der Waals surface area contributed by atoms with Crippen molar-refractivity contribution in [3.63, 3.8) is 0 Å². The maximum Gasteiger partial charge on any atom is 0.428 e. The van der Waals surface area contributed by atoms with Crippen molar-refractivity contribution < 1.29 is 14.0 Å². The number of carbonyl (C=O) groups excluding carboxylic acids is 2. The number of nitrogens with zero attached hydrogens (tertiary/aromatic N) is 1. The summed E-state index contributed by atoms with van der Waals surface area (Å²) in [6.45, 7) is 0. The lowest BCUT2D eigenvalue weighted by atomic mass is 10.1. The normalized spacial score (nSPS) is 14.8. The van der Waals surface area contributed by atoms with E-state index < -0.39 is 5.97 Å². The highest BCUT2D eigenvalue weighted by atomic mass is 16.5. The number of ether oxygens (including phenoxy) is 1. The predicted molar refractivity (Wildman–Crippen MR) is 73.3 cm³/mol. The number of hydrogen-bond donors (Lipinski definition) is 0. The molecule has 0 aliphatic carbocycles. The minimum absolute atomic E-state index is 0.530. The minimum atomic E-state index is -0.530. The fraction of sp³-hybridized carbons (Fsp3) is 0.0667. The van der Waals surface area contributed by atoms with Crippen LogP contribution < -0.4 is 10.4 Å². The number of rotatable bonds is 2. The van der Waals surface area contributed by atoms with Gasteiger partial charge in [-0.15, -0.1) is 0 Å². The van der Waals surface area contributed by atoms with Crippen molar-refractivity contribution in [3.05, 3.63) is 64.6 Å². The van der Waals surface area contributed by atoms with Gasteiger partial charge in [0, 0.05) is 0 Å². The van der Waals surface area contributed by atoms with E-state index in [9.17, 15) is 4.79 Å². The third-order valence-corrected chi connectivity index (χ3v) is 2.51. The molecule has 0 saturated carbocycles. The number of aldehydes is 1. The Hall–Kier alpha value is -2.62. The number of allylic oxidation sites excluding steroid dienone is 2. The molecule has 19 heavy (non-hydrogen) atoms. The highest BCUT2D eigenvalue weighted by Gasteiger charge is 2.01. The van der Waals surface area contributed by atoms with Gasteiger partial charge in [-0.3, -0.25) is 0 Å². The van der Waals surface area contributed by atoms with Crippen LogP contribution in [0.3, 0.4) is 0 Å². The molecule has 0 atom stereocenters. The van der Waals surface area contributed by atoms with Gasteiger partial charge in [-0.25, -0.2) is 9.22 Å². The molecule has 0 aromatic heterocycles. The zero-order valence-corrected chi connectivity index (χ0v) is 10.4. The molecule has 96 valence electrons. The molecule has 0 radical (unpaired) electrons. The van der Waals surface area contributed by atoms with Crippen molar-refractivity contribution in [2.24, 2.45) is 0 Å². The van der Waals surface area contributed by atoms with E-state index >= 15 is 0 Å². The number of hydrogen-bond acceptors (Lipinski definition) is 2. The Morgan fingerprint density at radius 1 is 1.26 bits per heavy atom. The Bertz CT molecular complexity index is 655. The summed E-state index contributed by atoms with van der Waals surface area (Å²) in [4.78, 5) is 10.9. The van der Waals surface area contributed by atoms with Crippen molar-refractivity contribution in [3.8, 4) is 0 Å². The highest BCUT2D eigenvalue weighted by Crippen LogP contribution is 2.07. The molecule has 0 fully saturated rings. The summed E-state index contributed by atoms with van der Waals surface area (Å²) in [5, 5.41) is 5.86. The maximum absolute atomic E-state index is 10.9. The van der Waals surface area contributed by atoms with Crippen LogP contribution in [0.5, 0.6) is 0 Å². The van der Waals surface area contributed by atoms with Crippen molar-refractivity contribution in [2.75, 3.05) is 7.11 Å². The molecular weight excluding hydrogens is 242 g/mol.